The Morgan fingerprint density at radius 3 is 2.80 bits per heavy atom. The Bertz CT molecular complexity index is 278. The zero-order valence-electron chi connectivity index (χ0n) is 8.71. The van der Waals surface area contributed by atoms with E-state index in [4.69, 9.17) is 0 Å². The van der Waals surface area contributed by atoms with E-state index < -0.39 is 6.03 Å². The molecular weight excluding hydrogens is 198 g/mol. The lowest BCUT2D eigenvalue weighted by molar-refractivity contribution is -0.122. The fourth-order valence-electron chi connectivity index (χ4n) is 1.25. The second kappa shape index (κ2) is 5.33. The van der Waals surface area contributed by atoms with Crippen molar-refractivity contribution in [3.05, 3.63) is 0 Å². The Balaban J connectivity index is 2.22. The molecule has 0 aromatic heterocycles. The van der Waals surface area contributed by atoms with Gasteiger partial charge in [-0.05, 0) is 6.42 Å². The van der Waals surface area contributed by atoms with Crippen LogP contribution in [-0.2, 0) is 9.59 Å². The summed E-state index contributed by atoms with van der Waals surface area (Å²) in [4.78, 5) is 34.4. The summed E-state index contributed by atoms with van der Waals surface area (Å²) in [5, 5.41) is 4.85. The molecule has 6 heteroatoms. The van der Waals surface area contributed by atoms with Crippen molar-refractivity contribution in [1.29, 1.82) is 0 Å². The number of nitrogens with one attached hydrogen (secondary N) is 2. The van der Waals surface area contributed by atoms with Gasteiger partial charge in [0.15, 0.2) is 0 Å². The maximum Gasteiger partial charge on any atom is 0.324 e. The Morgan fingerprint density at radius 1 is 1.53 bits per heavy atom. The molecule has 0 aliphatic carbocycles. The van der Waals surface area contributed by atoms with Crippen molar-refractivity contribution in [2.75, 3.05) is 19.6 Å². The highest BCUT2D eigenvalue weighted by atomic mass is 16.2. The van der Waals surface area contributed by atoms with Crippen LogP contribution in [0, 0.1) is 0 Å². The first-order valence-corrected chi connectivity index (χ1v) is 4.99. The van der Waals surface area contributed by atoms with E-state index in [0.29, 0.717) is 6.54 Å². The number of hydrogen-bond acceptors (Lipinski definition) is 3. The maximum absolute atomic E-state index is 11.2. The lowest BCUT2D eigenvalue weighted by Crippen LogP contribution is -2.33. The van der Waals surface area contributed by atoms with Crippen LogP contribution in [0.5, 0.6) is 0 Å². The largest absolute Gasteiger partial charge is 0.356 e. The van der Waals surface area contributed by atoms with E-state index in [0.717, 1.165) is 6.42 Å². The molecule has 2 N–H and O–H groups in total. The first-order valence-electron chi connectivity index (χ1n) is 4.99. The third kappa shape index (κ3) is 3.57. The predicted octanol–water partition coefficient (Wildman–Crippen LogP) is -0.545. The summed E-state index contributed by atoms with van der Waals surface area (Å²) < 4.78 is 0. The van der Waals surface area contributed by atoms with Crippen molar-refractivity contribution in [3.8, 4) is 0 Å². The van der Waals surface area contributed by atoms with Gasteiger partial charge in [0.05, 0.1) is 0 Å². The fraction of sp³-hybridized carbons (Fsp3) is 0.667. The van der Waals surface area contributed by atoms with Crippen molar-refractivity contribution in [1.82, 2.24) is 15.5 Å². The van der Waals surface area contributed by atoms with Crippen LogP contribution in [0.2, 0.25) is 0 Å². The van der Waals surface area contributed by atoms with Crippen LogP contribution < -0.4 is 10.6 Å². The van der Waals surface area contributed by atoms with Gasteiger partial charge in [-0.15, -0.1) is 0 Å². The first-order chi connectivity index (χ1) is 7.13. The molecule has 0 atom stereocenters. The number of carbonyl (C=O) groups excluding carboxylic acids is 3. The molecule has 0 unspecified atom stereocenters. The molecular formula is C9H15N3O3. The van der Waals surface area contributed by atoms with E-state index in [1.807, 2.05) is 6.92 Å². The van der Waals surface area contributed by atoms with Crippen LogP contribution >= 0.6 is 0 Å². The minimum absolute atomic E-state index is 0.0554. The predicted molar refractivity (Wildman–Crippen MR) is 53.0 cm³/mol. The van der Waals surface area contributed by atoms with Gasteiger partial charge in [-0.1, -0.05) is 6.92 Å². The zero-order valence-corrected chi connectivity index (χ0v) is 8.71. The summed E-state index contributed by atoms with van der Waals surface area (Å²) in [6, 6.07) is -0.414. The molecule has 0 bridgehead atoms. The van der Waals surface area contributed by atoms with E-state index >= 15 is 0 Å². The number of amides is 4. The van der Waals surface area contributed by atoms with Crippen molar-refractivity contribution in [3.63, 3.8) is 0 Å². The molecule has 1 aliphatic rings. The van der Waals surface area contributed by atoms with Crippen molar-refractivity contribution in [2.45, 2.75) is 19.8 Å². The summed E-state index contributed by atoms with van der Waals surface area (Å²) in [5.41, 5.74) is 0. The van der Waals surface area contributed by atoms with Crippen molar-refractivity contribution >= 4 is 17.8 Å². The molecule has 1 rings (SSSR count). The third-order valence-corrected chi connectivity index (χ3v) is 2.05. The molecule has 0 spiro atoms. The maximum atomic E-state index is 11.2. The molecule has 0 aromatic carbocycles. The molecule has 84 valence electrons. The van der Waals surface area contributed by atoms with Gasteiger partial charge in [0, 0.05) is 19.5 Å². The highest BCUT2D eigenvalue weighted by Crippen LogP contribution is 1.99. The molecule has 4 amide bonds. The molecule has 15 heavy (non-hydrogen) atoms. The van der Waals surface area contributed by atoms with E-state index in [1.165, 1.54) is 4.90 Å². The Hall–Kier alpha value is -1.59. The molecule has 1 heterocycles. The van der Waals surface area contributed by atoms with Crippen LogP contribution in [-0.4, -0.2) is 42.4 Å². The minimum Gasteiger partial charge on any atom is -0.356 e. The van der Waals surface area contributed by atoms with Crippen LogP contribution in [0.3, 0.4) is 0 Å². The monoisotopic (exact) mass is 213 g/mol. The molecule has 6 nitrogen and oxygen atoms in total. The number of nitrogens with zero attached hydrogens (tertiary/aromatic N) is 1. The zero-order chi connectivity index (χ0) is 11.3. The summed E-state index contributed by atoms with van der Waals surface area (Å²) >= 11 is 0. The van der Waals surface area contributed by atoms with Gasteiger partial charge in [0.2, 0.25) is 11.8 Å². The molecule has 0 radical (unpaired) electrons. The van der Waals surface area contributed by atoms with E-state index in [-0.39, 0.29) is 31.3 Å². The number of urea groups is 1. The van der Waals surface area contributed by atoms with Crippen LogP contribution in [0.4, 0.5) is 4.79 Å². The van der Waals surface area contributed by atoms with Crippen LogP contribution in [0.1, 0.15) is 19.8 Å². The summed E-state index contributed by atoms with van der Waals surface area (Å²) in [5.74, 6) is -0.405. The van der Waals surface area contributed by atoms with Gasteiger partial charge < -0.3 is 10.2 Å². The molecule has 1 saturated heterocycles. The smallest absolute Gasteiger partial charge is 0.324 e. The lowest BCUT2D eigenvalue weighted by Gasteiger charge is -2.12. The number of rotatable bonds is 5. The SMILES string of the molecule is CCCNC(=O)CCN1CC(=O)NC1=O. The normalized spacial score (nSPS) is 15.4. The van der Waals surface area contributed by atoms with Gasteiger partial charge in [-0.2, -0.15) is 0 Å². The summed E-state index contributed by atoms with van der Waals surface area (Å²) in [7, 11) is 0. The van der Waals surface area contributed by atoms with Gasteiger partial charge >= 0.3 is 6.03 Å². The van der Waals surface area contributed by atoms with Crippen molar-refractivity contribution < 1.29 is 14.4 Å². The number of carbonyl (C=O) groups is 3. The molecule has 0 saturated carbocycles. The number of imide groups is 1. The van der Waals surface area contributed by atoms with E-state index in [9.17, 15) is 14.4 Å². The molecule has 0 aromatic rings. The van der Waals surface area contributed by atoms with E-state index in [2.05, 4.69) is 10.6 Å². The number of hydrogen-bond donors (Lipinski definition) is 2. The molecule has 1 fully saturated rings. The minimum atomic E-state index is -0.414. The Kier molecular flexibility index (Phi) is 4.08. The van der Waals surface area contributed by atoms with E-state index in [1.54, 1.807) is 0 Å². The lowest BCUT2D eigenvalue weighted by atomic mass is 10.3. The van der Waals surface area contributed by atoms with Gasteiger partial charge in [-0.25, -0.2) is 4.79 Å². The van der Waals surface area contributed by atoms with Crippen LogP contribution in [0.25, 0.3) is 0 Å². The fourth-order valence-corrected chi connectivity index (χ4v) is 1.25. The summed E-state index contributed by atoms with van der Waals surface area (Å²) in [6.07, 6.45) is 1.12. The second-order valence-corrected chi connectivity index (χ2v) is 3.37. The average Bonchev–Trinajstić information content (AvgIpc) is 2.51. The highest BCUT2D eigenvalue weighted by Gasteiger charge is 2.26. The van der Waals surface area contributed by atoms with Gasteiger partial charge in [0.1, 0.15) is 6.54 Å². The quantitative estimate of drug-likeness (QED) is 0.602. The molecule has 1 aliphatic heterocycles. The topological polar surface area (TPSA) is 78.5 Å². The van der Waals surface area contributed by atoms with Crippen LogP contribution in [0.15, 0.2) is 0 Å². The summed E-state index contributed by atoms with van der Waals surface area (Å²) in [6.45, 7) is 2.95. The third-order valence-electron chi connectivity index (χ3n) is 2.05. The average molecular weight is 213 g/mol. The standard InChI is InChI=1S/C9H15N3O3/c1-2-4-10-7(13)3-5-12-6-8(14)11-9(12)15/h2-6H2,1H3,(H,10,13)(H,11,14,15). The first kappa shape index (κ1) is 11.5. The van der Waals surface area contributed by atoms with Gasteiger partial charge in [-0.3, -0.25) is 14.9 Å². The van der Waals surface area contributed by atoms with Gasteiger partial charge in [0.25, 0.3) is 0 Å². The second-order valence-electron chi connectivity index (χ2n) is 3.37. The highest BCUT2D eigenvalue weighted by molar-refractivity contribution is 6.02. The Morgan fingerprint density at radius 2 is 2.27 bits per heavy atom. The van der Waals surface area contributed by atoms with Crippen molar-refractivity contribution in [2.24, 2.45) is 0 Å². The Labute approximate surface area is 88.0 Å².